The van der Waals surface area contributed by atoms with Crippen LogP contribution in [0.5, 0.6) is 0 Å². The maximum atomic E-state index is 11.6. The normalized spacial score (nSPS) is 19.4. The highest BCUT2D eigenvalue weighted by Crippen LogP contribution is 2.26. The van der Waals surface area contributed by atoms with Gasteiger partial charge in [0.2, 0.25) is 11.5 Å². The molecule has 90 valence electrons. The number of cyclic esters (lactones) is 1. The Hall–Kier alpha value is -2.04. The fraction of sp³-hybridized carbons (Fsp3) is 0.333. The first kappa shape index (κ1) is 11.4. The third-order valence-electron chi connectivity index (χ3n) is 2.56. The van der Waals surface area contributed by atoms with Gasteiger partial charge in [0.05, 0.1) is 6.26 Å². The predicted octanol–water partition coefficient (Wildman–Crippen LogP) is 2.05. The second-order valence-electron chi connectivity index (χ2n) is 3.68. The Morgan fingerprint density at radius 3 is 2.82 bits per heavy atom. The average molecular weight is 236 g/mol. The van der Waals surface area contributed by atoms with Crippen LogP contribution < -0.4 is 0 Å². The minimum atomic E-state index is -0.696. The molecule has 0 aromatic carbocycles. The maximum Gasteiger partial charge on any atom is 0.379 e. The SMILES string of the molecule is CCC1OC(=O)C(OC(=O)c2ccco2)=C1C. The fourth-order valence-corrected chi connectivity index (χ4v) is 1.63. The molecule has 0 saturated heterocycles. The minimum absolute atomic E-state index is 0.0294. The number of carbonyl (C=O) groups is 2. The van der Waals surface area contributed by atoms with Crippen LogP contribution in [0.4, 0.5) is 0 Å². The molecule has 5 heteroatoms. The third-order valence-corrected chi connectivity index (χ3v) is 2.56. The van der Waals surface area contributed by atoms with Gasteiger partial charge in [-0.1, -0.05) is 6.92 Å². The first-order chi connectivity index (χ1) is 8.13. The Morgan fingerprint density at radius 2 is 2.29 bits per heavy atom. The number of esters is 2. The van der Waals surface area contributed by atoms with Gasteiger partial charge in [0.1, 0.15) is 6.10 Å². The Labute approximate surface area is 98.0 Å². The minimum Gasteiger partial charge on any atom is -0.457 e. The van der Waals surface area contributed by atoms with Crippen molar-refractivity contribution in [3.63, 3.8) is 0 Å². The van der Waals surface area contributed by atoms with Crippen molar-refractivity contribution in [2.45, 2.75) is 26.4 Å². The summed E-state index contributed by atoms with van der Waals surface area (Å²) in [5.41, 5.74) is 0.636. The lowest BCUT2D eigenvalue weighted by atomic mass is 10.1. The highest BCUT2D eigenvalue weighted by Gasteiger charge is 2.33. The molecule has 0 amide bonds. The monoisotopic (exact) mass is 236 g/mol. The molecule has 0 saturated carbocycles. The first-order valence-electron chi connectivity index (χ1n) is 5.31. The van der Waals surface area contributed by atoms with E-state index in [1.54, 1.807) is 13.0 Å². The van der Waals surface area contributed by atoms with Gasteiger partial charge in [-0.05, 0) is 25.5 Å². The molecular formula is C12H12O5. The molecule has 0 spiro atoms. The Balaban J connectivity index is 2.16. The molecule has 0 radical (unpaired) electrons. The molecule has 1 aliphatic rings. The van der Waals surface area contributed by atoms with Gasteiger partial charge in [-0.3, -0.25) is 0 Å². The zero-order valence-electron chi connectivity index (χ0n) is 9.56. The number of hydrogen-bond acceptors (Lipinski definition) is 5. The van der Waals surface area contributed by atoms with Crippen LogP contribution in [0.3, 0.4) is 0 Å². The van der Waals surface area contributed by atoms with Crippen LogP contribution >= 0.6 is 0 Å². The molecule has 2 heterocycles. The zero-order chi connectivity index (χ0) is 12.4. The summed E-state index contributed by atoms with van der Waals surface area (Å²) in [6, 6.07) is 3.04. The molecule has 1 unspecified atom stereocenters. The number of hydrogen-bond donors (Lipinski definition) is 0. The summed E-state index contributed by atoms with van der Waals surface area (Å²) >= 11 is 0. The van der Waals surface area contributed by atoms with Gasteiger partial charge in [-0.2, -0.15) is 0 Å². The van der Waals surface area contributed by atoms with E-state index in [1.165, 1.54) is 12.3 Å². The van der Waals surface area contributed by atoms with Crippen molar-refractivity contribution in [1.29, 1.82) is 0 Å². The van der Waals surface area contributed by atoms with Crippen LogP contribution in [-0.2, 0) is 14.3 Å². The molecule has 1 atom stereocenters. The summed E-state index contributed by atoms with van der Waals surface area (Å²) in [6.07, 6.45) is 1.71. The summed E-state index contributed by atoms with van der Waals surface area (Å²) in [5.74, 6) is -1.27. The first-order valence-corrected chi connectivity index (χ1v) is 5.31. The molecular weight excluding hydrogens is 224 g/mol. The maximum absolute atomic E-state index is 11.6. The summed E-state index contributed by atoms with van der Waals surface area (Å²) in [7, 11) is 0. The van der Waals surface area contributed by atoms with Crippen LogP contribution in [-0.4, -0.2) is 18.0 Å². The Morgan fingerprint density at radius 1 is 1.53 bits per heavy atom. The number of rotatable bonds is 3. The second-order valence-corrected chi connectivity index (χ2v) is 3.68. The van der Waals surface area contributed by atoms with Crippen molar-refractivity contribution in [1.82, 2.24) is 0 Å². The van der Waals surface area contributed by atoms with Crippen molar-refractivity contribution >= 4 is 11.9 Å². The third kappa shape index (κ3) is 2.08. The van der Waals surface area contributed by atoms with E-state index < -0.39 is 11.9 Å². The summed E-state index contributed by atoms with van der Waals surface area (Å²) in [6.45, 7) is 3.60. The van der Waals surface area contributed by atoms with E-state index in [-0.39, 0.29) is 17.6 Å². The van der Waals surface area contributed by atoms with Crippen LogP contribution in [0.1, 0.15) is 30.8 Å². The summed E-state index contributed by atoms with van der Waals surface area (Å²) < 4.78 is 14.9. The van der Waals surface area contributed by atoms with Gasteiger partial charge < -0.3 is 13.9 Å². The molecule has 5 nitrogen and oxygen atoms in total. The highest BCUT2D eigenvalue weighted by molar-refractivity contribution is 5.96. The van der Waals surface area contributed by atoms with Crippen molar-refractivity contribution in [2.24, 2.45) is 0 Å². The molecule has 17 heavy (non-hydrogen) atoms. The van der Waals surface area contributed by atoms with E-state index >= 15 is 0 Å². The van der Waals surface area contributed by atoms with Crippen LogP contribution in [0, 0.1) is 0 Å². The molecule has 2 rings (SSSR count). The van der Waals surface area contributed by atoms with Gasteiger partial charge in [0.15, 0.2) is 0 Å². The quantitative estimate of drug-likeness (QED) is 0.751. The summed E-state index contributed by atoms with van der Waals surface area (Å²) in [4.78, 5) is 23.1. The topological polar surface area (TPSA) is 65.7 Å². The Kier molecular flexibility index (Phi) is 2.99. The average Bonchev–Trinajstić information content (AvgIpc) is 2.92. The van der Waals surface area contributed by atoms with E-state index in [2.05, 4.69) is 0 Å². The predicted molar refractivity (Wildman–Crippen MR) is 57.0 cm³/mol. The molecule has 0 fully saturated rings. The molecule has 1 aromatic heterocycles. The lowest BCUT2D eigenvalue weighted by molar-refractivity contribution is -0.142. The van der Waals surface area contributed by atoms with Crippen molar-refractivity contribution in [2.75, 3.05) is 0 Å². The van der Waals surface area contributed by atoms with Gasteiger partial charge >= 0.3 is 11.9 Å². The van der Waals surface area contributed by atoms with Crippen molar-refractivity contribution < 1.29 is 23.5 Å². The molecule has 1 aliphatic heterocycles. The van der Waals surface area contributed by atoms with Crippen molar-refractivity contribution in [3.8, 4) is 0 Å². The fourth-order valence-electron chi connectivity index (χ4n) is 1.63. The van der Waals surface area contributed by atoms with E-state index in [0.717, 1.165) is 0 Å². The number of furan rings is 1. The number of carbonyl (C=O) groups excluding carboxylic acids is 2. The molecule has 1 aromatic rings. The lowest BCUT2D eigenvalue weighted by Gasteiger charge is -2.05. The van der Waals surface area contributed by atoms with Crippen molar-refractivity contribution in [3.05, 3.63) is 35.5 Å². The van der Waals surface area contributed by atoms with E-state index in [9.17, 15) is 9.59 Å². The van der Waals surface area contributed by atoms with E-state index in [1.807, 2.05) is 6.92 Å². The van der Waals surface area contributed by atoms with Crippen LogP contribution in [0.25, 0.3) is 0 Å². The molecule has 0 bridgehead atoms. The van der Waals surface area contributed by atoms with Gasteiger partial charge in [0, 0.05) is 5.57 Å². The molecule has 0 N–H and O–H groups in total. The van der Waals surface area contributed by atoms with Gasteiger partial charge in [-0.25, -0.2) is 9.59 Å². The summed E-state index contributed by atoms with van der Waals surface area (Å²) in [5, 5.41) is 0. The lowest BCUT2D eigenvalue weighted by Crippen LogP contribution is -2.10. The van der Waals surface area contributed by atoms with E-state index in [0.29, 0.717) is 12.0 Å². The van der Waals surface area contributed by atoms with E-state index in [4.69, 9.17) is 13.9 Å². The van der Waals surface area contributed by atoms with Crippen LogP contribution in [0.2, 0.25) is 0 Å². The zero-order valence-corrected chi connectivity index (χ0v) is 9.56. The van der Waals surface area contributed by atoms with Gasteiger partial charge in [0.25, 0.3) is 0 Å². The smallest absolute Gasteiger partial charge is 0.379 e. The standard InChI is InChI=1S/C12H12O5/c1-3-8-7(2)10(12(14)16-8)17-11(13)9-5-4-6-15-9/h4-6,8H,3H2,1-2H3. The Bertz CT molecular complexity index is 469. The number of ether oxygens (including phenoxy) is 2. The second kappa shape index (κ2) is 4.45. The largest absolute Gasteiger partial charge is 0.457 e. The highest BCUT2D eigenvalue weighted by atomic mass is 16.6. The molecule has 0 aliphatic carbocycles. The van der Waals surface area contributed by atoms with Gasteiger partial charge in [-0.15, -0.1) is 0 Å². The van der Waals surface area contributed by atoms with Crippen LogP contribution in [0.15, 0.2) is 34.1 Å².